The van der Waals surface area contributed by atoms with Crippen molar-refractivity contribution in [2.24, 2.45) is 0 Å². The SMILES string of the molecule is CC1(C)OB(c2cccc3c4c(sc23)CCC=C4)OC1(C)C. The van der Waals surface area contributed by atoms with E-state index in [1.165, 1.54) is 26.0 Å². The molecule has 0 unspecified atom stereocenters. The van der Waals surface area contributed by atoms with E-state index in [1.54, 1.807) is 0 Å². The molecule has 2 aliphatic rings. The van der Waals surface area contributed by atoms with Gasteiger partial charge in [-0.2, -0.15) is 0 Å². The van der Waals surface area contributed by atoms with Gasteiger partial charge >= 0.3 is 7.12 Å². The van der Waals surface area contributed by atoms with Gasteiger partial charge in [-0.25, -0.2) is 0 Å². The average molecular weight is 312 g/mol. The zero-order valence-electron chi connectivity index (χ0n) is 13.6. The highest BCUT2D eigenvalue weighted by molar-refractivity contribution is 7.21. The predicted octanol–water partition coefficient (Wildman–Crippen LogP) is 4.16. The molecular weight excluding hydrogens is 291 g/mol. The second-order valence-electron chi connectivity index (χ2n) is 7.19. The number of fused-ring (bicyclic) bond motifs is 3. The van der Waals surface area contributed by atoms with E-state index in [1.807, 2.05) is 11.3 Å². The van der Waals surface area contributed by atoms with Crippen LogP contribution in [0, 0.1) is 0 Å². The molecule has 2 aromatic rings. The Labute approximate surface area is 136 Å². The molecule has 1 fully saturated rings. The Morgan fingerprint density at radius 1 is 1.09 bits per heavy atom. The Morgan fingerprint density at radius 2 is 1.82 bits per heavy atom. The summed E-state index contributed by atoms with van der Waals surface area (Å²) in [6.45, 7) is 8.43. The second-order valence-corrected chi connectivity index (χ2v) is 8.30. The topological polar surface area (TPSA) is 18.5 Å². The molecule has 1 aromatic heterocycles. The van der Waals surface area contributed by atoms with Crippen LogP contribution in [0.25, 0.3) is 16.2 Å². The van der Waals surface area contributed by atoms with E-state index in [-0.39, 0.29) is 18.3 Å². The van der Waals surface area contributed by atoms with E-state index in [9.17, 15) is 0 Å². The van der Waals surface area contributed by atoms with Crippen molar-refractivity contribution in [3.05, 3.63) is 34.7 Å². The molecule has 4 rings (SSSR count). The molecule has 22 heavy (non-hydrogen) atoms. The van der Waals surface area contributed by atoms with E-state index in [0.29, 0.717) is 0 Å². The van der Waals surface area contributed by atoms with Gasteiger partial charge in [-0.15, -0.1) is 11.3 Å². The highest BCUT2D eigenvalue weighted by Crippen LogP contribution is 2.39. The van der Waals surface area contributed by atoms with Crippen molar-refractivity contribution in [3.63, 3.8) is 0 Å². The molecular formula is C18H21BO2S. The molecule has 0 saturated carbocycles. The molecule has 1 aliphatic heterocycles. The summed E-state index contributed by atoms with van der Waals surface area (Å²) in [6, 6.07) is 6.49. The molecule has 1 saturated heterocycles. The first-order valence-corrected chi connectivity index (χ1v) is 8.77. The normalized spacial score (nSPS) is 22.3. The van der Waals surface area contributed by atoms with Crippen molar-refractivity contribution in [3.8, 4) is 0 Å². The minimum Gasteiger partial charge on any atom is -0.399 e. The summed E-state index contributed by atoms with van der Waals surface area (Å²) in [7, 11) is -0.280. The third-order valence-corrected chi connectivity index (χ3v) is 6.52. The molecule has 1 aliphatic carbocycles. The molecule has 0 N–H and O–H groups in total. The number of hydrogen-bond acceptors (Lipinski definition) is 3. The van der Waals surface area contributed by atoms with Gasteiger partial charge in [0, 0.05) is 15.0 Å². The van der Waals surface area contributed by atoms with Crippen LogP contribution >= 0.6 is 11.3 Å². The highest BCUT2D eigenvalue weighted by Gasteiger charge is 2.52. The molecule has 114 valence electrons. The zero-order chi connectivity index (χ0) is 15.5. The molecule has 0 bridgehead atoms. The van der Waals surface area contributed by atoms with Crippen molar-refractivity contribution in [1.29, 1.82) is 0 Å². The summed E-state index contributed by atoms with van der Waals surface area (Å²) in [6.07, 6.45) is 6.83. The van der Waals surface area contributed by atoms with Crippen molar-refractivity contribution in [2.45, 2.75) is 51.7 Å². The molecule has 2 heterocycles. The molecule has 0 spiro atoms. The van der Waals surface area contributed by atoms with Gasteiger partial charge in [0.05, 0.1) is 11.2 Å². The van der Waals surface area contributed by atoms with Gasteiger partial charge in [-0.1, -0.05) is 30.4 Å². The first-order valence-electron chi connectivity index (χ1n) is 7.95. The third kappa shape index (κ3) is 2.01. The quantitative estimate of drug-likeness (QED) is 0.736. The van der Waals surface area contributed by atoms with Crippen LogP contribution in [0.15, 0.2) is 24.3 Å². The maximum Gasteiger partial charge on any atom is 0.496 e. The summed E-state index contributed by atoms with van der Waals surface area (Å²) in [5.74, 6) is 0. The van der Waals surface area contributed by atoms with Gasteiger partial charge in [0.15, 0.2) is 0 Å². The minimum absolute atomic E-state index is 0.280. The average Bonchev–Trinajstić information content (AvgIpc) is 2.93. The van der Waals surface area contributed by atoms with Crippen LogP contribution < -0.4 is 5.46 Å². The van der Waals surface area contributed by atoms with Crippen molar-refractivity contribution < 1.29 is 9.31 Å². The van der Waals surface area contributed by atoms with Crippen LogP contribution in [-0.2, 0) is 15.7 Å². The largest absolute Gasteiger partial charge is 0.496 e. The Bertz CT molecular complexity index is 757. The number of rotatable bonds is 1. The van der Waals surface area contributed by atoms with Gasteiger partial charge < -0.3 is 9.31 Å². The minimum atomic E-state index is -0.295. The Morgan fingerprint density at radius 3 is 2.55 bits per heavy atom. The van der Waals surface area contributed by atoms with Crippen molar-refractivity contribution in [2.75, 3.05) is 0 Å². The molecule has 0 amide bonds. The second kappa shape index (κ2) is 4.70. The van der Waals surface area contributed by atoms with E-state index in [4.69, 9.17) is 9.31 Å². The molecule has 4 heteroatoms. The van der Waals surface area contributed by atoms with Gasteiger partial charge in [-0.05, 0) is 51.5 Å². The van der Waals surface area contributed by atoms with Crippen LogP contribution in [0.1, 0.15) is 44.6 Å². The van der Waals surface area contributed by atoms with Gasteiger partial charge in [0.25, 0.3) is 0 Å². The summed E-state index contributed by atoms with van der Waals surface area (Å²) in [5, 5.41) is 1.34. The fraction of sp³-hybridized carbons (Fsp3) is 0.444. The van der Waals surface area contributed by atoms with Crippen LogP contribution in [0.3, 0.4) is 0 Å². The zero-order valence-corrected chi connectivity index (χ0v) is 14.4. The lowest BCUT2D eigenvalue weighted by atomic mass is 9.78. The molecule has 0 radical (unpaired) electrons. The van der Waals surface area contributed by atoms with E-state index in [0.717, 1.165) is 12.8 Å². The van der Waals surface area contributed by atoms with E-state index in [2.05, 4.69) is 58.0 Å². The fourth-order valence-corrected chi connectivity index (χ4v) is 4.47. The first kappa shape index (κ1) is 14.5. The van der Waals surface area contributed by atoms with E-state index < -0.39 is 0 Å². The lowest BCUT2D eigenvalue weighted by molar-refractivity contribution is 0.00578. The molecule has 2 nitrogen and oxygen atoms in total. The first-order chi connectivity index (χ1) is 10.4. The van der Waals surface area contributed by atoms with Crippen molar-refractivity contribution in [1.82, 2.24) is 0 Å². The molecule has 1 aromatic carbocycles. The summed E-state index contributed by atoms with van der Waals surface area (Å²) in [5.41, 5.74) is 1.97. The number of allylic oxidation sites excluding steroid dienone is 1. The van der Waals surface area contributed by atoms with Crippen LogP contribution in [-0.4, -0.2) is 18.3 Å². The maximum absolute atomic E-state index is 6.26. The van der Waals surface area contributed by atoms with Crippen molar-refractivity contribution >= 4 is 40.1 Å². The van der Waals surface area contributed by atoms with Crippen LogP contribution in [0.5, 0.6) is 0 Å². The molecule has 0 atom stereocenters. The lowest BCUT2D eigenvalue weighted by Gasteiger charge is -2.32. The van der Waals surface area contributed by atoms with Crippen LogP contribution in [0.4, 0.5) is 0 Å². The summed E-state index contributed by atoms with van der Waals surface area (Å²) < 4.78 is 13.8. The van der Waals surface area contributed by atoms with E-state index >= 15 is 0 Å². The standard InChI is InChI=1S/C18H21BO2S/c1-17(2)18(3,4)21-19(20-17)14-10-7-9-13-12-8-5-6-11-15(12)22-16(13)14/h5,7-10H,6,11H2,1-4H3. The lowest BCUT2D eigenvalue weighted by Crippen LogP contribution is -2.41. The number of hydrogen-bond donors (Lipinski definition) is 0. The number of thiophene rings is 1. The predicted molar refractivity (Wildman–Crippen MR) is 94.9 cm³/mol. The third-order valence-electron chi connectivity index (χ3n) is 5.19. The Balaban J connectivity index is 1.84. The Hall–Kier alpha value is -1.10. The maximum atomic E-state index is 6.26. The van der Waals surface area contributed by atoms with Gasteiger partial charge in [-0.3, -0.25) is 0 Å². The number of benzene rings is 1. The van der Waals surface area contributed by atoms with Crippen LogP contribution in [0.2, 0.25) is 0 Å². The summed E-state index contributed by atoms with van der Waals surface area (Å²) in [4.78, 5) is 1.49. The van der Waals surface area contributed by atoms with Gasteiger partial charge in [0.1, 0.15) is 0 Å². The smallest absolute Gasteiger partial charge is 0.399 e. The Kier molecular flexibility index (Phi) is 3.10. The number of aryl methyl sites for hydroxylation is 1. The fourth-order valence-electron chi connectivity index (χ4n) is 3.15. The summed E-state index contributed by atoms with van der Waals surface area (Å²) >= 11 is 1.90. The highest BCUT2D eigenvalue weighted by atomic mass is 32.1. The monoisotopic (exact) mass is 312 g/mol. The van der Waals surface area contributed by atoms with Gasteiger partial charge in [0.2, 0.25) is 0 Å².